The Kier molecular flexibility index (Phi) is 2.75. The fourth-order valence-electron chi connectivity index (χ4n) is 1.81. The fraction of sp³-hybridized carbons (Fsp3) is 0.636. The summed E-state index contributed by atoms with van der Waals surface area (Å²) in [6, 6.07) is 2.05. The van der Waals surface area contributed by atoms with Crippen LogP contribution in [0.3, 0.4) is 0 Å². The summed E-state index contributed by atoms with van der Waals surface area (Å²) in [7, 11) is 0. The van der Waals surface area contributed by atoms with Crippen LogP contribution < -0.4 is 10.9 Å². The van der Waals surface area contributed by atoms with Crippen LogP contribution in [0.15, 0.2) is 10.9 Å². The molecule has 1 aromatic heterocycles. The number of aryl methyl sites for hydroxylation is 1. The summed E-state index contributed by atoms with van der Waals surface area (Å²) in [6.07, 6.45) is 3.15. The average Bonchev–Trinajstić information content (AvgIpc) is 2.95. The highest BCUT2D eigenvalue weighted by atomic mass is 16.1. The van der Waals surface area contributed by atoms with Crippen LogP contribution in [0.4, 0.5) is 5.82 Å². The van der Waals surface area contributed by atoms with E-state index in [0.717, 1.165) is 24.0 Å². The minimum absolute atomic E-state index is 0.0713. The summed E-state index contributed by atoms with van der Waals surface area (Å²) >= 11 is 0. The van der Waals surface area contributed by atoms with E-state index >= 15 is 0 Å². The van der Waals surface area contributed by atoms with E-state index in [2.05, 4.69) is 22.2 Å². The fourth-order valence-corrected chi connectivity index (χ4v) is 1.81. The van der Waals surface area contributed by atoms with Gasteiger partial charge in [0, 0.05) is 18.5 Å². The zero-order valence-corrected chi connectivity index (χ0v) is 9.21. The molecule has 1 aromatic rings. The third-order valence-electron chi connectivity index (χ3n) is 2.91. The second-order valence-corrected chi connectivity index (χ2v) is 4.09. The van der Waals surface area contributed by atoms with Crippen LogP contribution in [0.1, 0.15) is 32.5 Å². The van der Waals surface area contributed by atoms with Crippen molar-refractivity contribution in [2.75, 3.05) is 5.32 Å². The lowest BCUT2D eigenvalue weighted by atomic mass is 10.3. The summed E-state index contributed by atoms with van der Waals surface area (Å²) in [5.41, 5.74) is -0.0713. The molecule has 0 amide bonds. The summed E-state index contributed by atoms with van der Waals surface area (Å²) in [6.45, 7) is 4.17. The molecule has 0 aromatic carbocycles. The molecule has 1 aliphatic rings. The molecule has 2 atom stereocenters. The minimum atomic E-state index is -0.0713. The van der Waals surface area contributed by atoms with E-state index < -0.39 is 0 Å². The van der Waals surface area contributed by atoms with E-state index in [4.69, 9.17) is 0 Å². The topological polar surface area (TPSA) is 57.8 Å². The van der Waals surface area contributed by atoms with Gasteiger partial charge in [-0.1, -0.05) is 20.3 Å². The minimum Gasteiger partial charge on any atom is -0.367 e. The van der Waals surface area contributed by atoms with Crippen molar-refractivity contribution in [2.24, 2.45) is 5.92 Å². The SMILES string of the molecule is CCc1nc(NC2CC2CC)cc(=O)[nH]1. The Morgan fingerprint density at radius 1 is 1.60 bits per heavy atom. The molecule has 2 N–H and O–H groups in total. The number of hydrogen-bond donors (Lipinski definition) is 2. The Morgan fingerprint density at radius 2 is 2.40 bits per heavy atom. The highest BCUT2D eigenvalue weighted by Crippen LogP contribution is 2.35. The third kappa shape index (κ3) is 2.37. The van der Waals surface area contributed by atoms with E-state index in [9.17, 15) is 4.79 Å². The second-order valence-electron chi connectivity index (χ2n) is 4.09. The third-order valence-corrected chi connectivity index (χ3v) is 2.91. The van der Waals surface area contributed by atoms with Gasteiger partial charge in [-0.2, -0.15) is 0 Å². The Hall–Kier alpha value is -1.32. The molecule has 0 spiro atoms. The van der Waals surface area contributed by atoms with E-state index in [1.54, 1.807) is 0 Å². The van der Waals surface area contributed by atoms with E-state index in [1.165, 1.54) is 18.9 Å². The number of nitrogens with zero attached hydrogens (tertiary/aromatic N) is 1. The molecule has 0 radical (unpaired) electrons. The first-order valence-electron chi connectivity index (χ1n) is 5.59. The van der Waals surface area contributed by atoms with Gasteiger partial charge in [0.25, 0.3) is 5.56 Å². The van der Waals surface area contributed by atoms with Crippen molar-refractivity contribution in [3.05, 3.63) is 22.2 Å². The molecule has 0 bridgehead atoms. The summed E-state index contributed by atoms with van der Waals surface area (Å²) < 4.78 is 0. The van der Waals surface area contributed by atoms with Gasteiger partial charge < -0.3 is 10.3 Å². The highest BCUT2D eigenvalue weighted by Gasteiger charge is 2.35. The van der Waals surface area contributed by atoms with Gasteiger partial charge in [-0.15, -0.1) is 0 Å². The maximum atomic E-state index is 11.3. The normalized spacial score (nSPS) is 23.9. The number of anilines is 1. The summed E-state index contributed by atoms with van der Waals surface area (Å²) in [5.74, 6) is 2.23. The number of nitrogens with one attached hydrogen (secondary N) is 2. The number of aromatic amines is 1. The molecule has 82 valence electrons. The van der Waals surface area contributed by atoms with Gasteiger partial charge >= 0.3 is 0 Å². The first kappa shape index (κ1) is 10.2. The molecule has 1 aliphatic carbocycles. The molecular formula is C11H17N3O. The van der Waals surface area contributed by atoms with Gasteiger partial charge in [0.1, 0.15) is 11.6 Å². The van der Waals surface area contributed by atoms with Crippen molar-refractivity contribution in [3.63, 3.8) is 0 Å². The van der Waals surface area contributed by atoms with Crippen LogP contribution in [-0.4, -0.2) is 16.0 Å². The smallest absolute Gasteiger partial charge is 0.252 e. The van der Waals surface area contributed by atoms with Gasteiger partial charge in [-0.3, -0.25) is 4.79 Å². The lowest BCUT2D eigenvalue weighted by Crippen LogP contribution is -2.14. The van der Waals surface area contributed by atoms with Crippen molar-refractivity contribution < 1.29 is 0 Å². The molecule has 0 saturated heterocycles. The molecule has 2 unspecified atom stereocenters. The Labute approximate surface area is 89.1 Å². The van der Waals surface area contributed by atoms with Crippen molar-refractivity contribution in [1.82, 2.24) is 9.97 Å². The maximum Gasteiger partial charge on any atom is 0.252 e. The Balaban J connectivity index is 2.08. The van der Waals surface area contributed by atoms with Gasteiger partial charge in [0.05, 0.1) is 0 Å². The van der Waals surface area contributed by atoms with E-state index in [-0.39, 0.29) is 5.56 Å². The Bertz CT molecular complexity index is 399. The van der Waals surface area contributed by atoms with Crippen LogP contribution in [0.25, 0.3) is 0 Å². The molecule has 1 fully saturated rings. The van der Waals surface area contributed by atoms with Gasteiger partial charge in [0.2, 0.25) is 0 Å². The van der Waals surface area contributed by atoms with E-state index in [1.807, 2.05) is 6.92 Å². The average molecular weight is 207 g/mol. The summed E-state index contributed by atoms with van der Waals surface area (Å²) in [4.78, 5) is 18.3. The monoisotopic (exact) mass is 207 g/mol. The predicted octanol–water partition coefficient (Wildman–Crippen LogP) is 1.54. The summed E-state index contributed by atoms with van der Waals surface area (Å²) in [5, 5.41) is 3.30. The van der Waals surface area contributed by atoms with Crippen molar-refractivity contribution in [3.8, 4) is 0 Å². The number of rotatable bonds is 4. The highest BCUT2D eigenvalue weighted by molar-refractivity contribution is 5.36. The van der Waals surface area contributed by atoms with Crippen molar-refractivity contribution >= 4 is 5.82 Å². The number of aromatic nitrogens is 2. The van der Waals surface area contributed by atoms with Gasteiger partial charge in [-0.25, -0.2) is 4.98 Å². The zero-order valence-electron chi connectivity index (χ0n) is 9.21. The first-order valence-corrected chi connectivity index (χ1v) is 5.59. The van der Waals surface area contributed by atoms with Gasteiger partial charge in [-0.05, 0) is 12.3 Å². The van der Waals surface area contributed by atoms with Crippen LogP contribution >= 0.6 is 0 Å². The predicted molar refractivity (Wildman–Crippen MR) is 60.0 cm³/mol. The lowest BCUT2D eigenvalue weighted by molar-refractivity contribution is 0.772. The van der Waals surface area contributed by atoms with Crippen LogP contribution in [0.5, 0.6) is 0 Å². The molecule has 2 rings (SSSR count). The standard InChI is InChI=1S/C11H17N3O/c1-3-7-5-8(7)12-10-6-11(15)14-9(4-2)13-10/h6-8H,3-5H2,1-2H3,(H2,12,13,14,15). The number of H-pyrrole nitrogens is 1. The molecule has 15 heavy (non-hydrogen) atoms. The quantitative estimate of drug-likeness (QED) is 0.787. The molecule has 1 saturated carbocycles. The number of hydrogen-bond acceptors (Lipinski definition) is 3. The molecule has 4 nitrogen and oxygen atoms in total. The van der Waals surface area contributed by atoms with Crippen LogP contribution in [0, 0.1) is 5.92 Å². The zero-order chi connectivity index (χ0) is 10.8. The van der Waals surface area contributed by atoms with Gasteiger partial charge in [0.15, 0.2) is 0 Å². The van der Waals surface area contributed by atoms with Crippen molar-refractivity contribution in [2.45, 2.75) is 39.2 Å². The molecule has 1 heterocycles. The molecule has 4 heteroatoms. The first-order chi connectivity index (χ1) is 7.22. The second kappa shape index (κ2) is 4.04. The van der Waals surface area contributed by atoms with Crippen LogP contribution in [0.2, 0.25) is 0 Å². The molecule has 0 aliphatic heterocycles. The lowest BCUT2D eigenvalue weighted by Gasteiger charge is -2.05. The van der Waals surface area contributed by atoms with E-state index in [0.29, 0.717) is 6.04 Å². The largest absolute Gasteiger partial charge is 0.367 e. The van der Waals surface area contributed by atoms with Crippen molar-refractivity contribution in [1.29, 1.82) is 0 Å². The maximum absolute atomic E-state index is 11.3. The van der Waals surface area contributed by atoms with Crippen LogP contribution in [-0.2, 0) is 6.42 Å². The Morgan fingerprint density at radius 3 is 3.00 bits per heavy atom. The molecular weight excluding hydrogens is 190 g/mol.